The van der Waals surface area contributed by atoms with Crippen LogP contribution >= 0.6 is 0 Å². The van der Waals surface area contributed by atoms with Gasteiger partial charge in [0.05, 0.1) is 25.1 Å². The minimum atomic E-state index is -0.651. The lowest BCUT2D eigenvalue weighted by molar-refractivity contribution is 0.259. The van der Waals surface area contributed by atoms with E-state index in [1.165, 1.54) is 6.33 Å². The molecule has 0 saturated carbocycles. The van der Waals surface area contributed by atoms with Crippen LogP contribution in [0.15, 0.2) is 42.7 Å². The van der Waals surface area contributed by atoms with E-state index in [-0.39, 0.29) is 0 Å². The number of methoxy groups -OCH3 is 2. The van der Waals surface area contributed by atoms with Crippen molar-refractivity contribution >= 4 is 22.6 Å². The number of ether oxygens (including phenoxy) is 3. The third-order valence-electron chi connectivity index (χ3n) is 3.42. The monoisotopic (exact) mass is 340 g/mol. The van der Waals surface area contributed by atoms with Crippen molar-refractivity contribution in [3.8, 4) is 23.1 Å². The molecule has 128 valence electrons. The number of amides is 2. The number of benzene rings is 2. The zero-order valence-electron chi connectivity index (χ0n) is 13.6. The molecule has 1 heterocycles. The lowest BCUT2D eigenvalue weighted by atomic mass is 10.2. The highest BCUT2D eigenvalue weighted by molar-refractivity contribution is 5.88. The van der Waals surface area contributed by atoms with Gasteiger partial charge in [0.1, 0.15) is 12.1 Å². The molecule has 0 atom stereocenters. The third kappa shape index (κ3) is 3.52. The van der Waals surface area contributed by atoms with Crippen LogP contribution in [0.4, 0.5) is 10.5 Å². The fraction of sp³-hybridized carbons (Fsp3) is 0.118. The van der Waals surface area contributed by atoms with Gasteiger partial charge < -0.3 is 25.3 Å². The summed E-state index contributed by atoms with van der Waals surface area (Å²) < 4.78 is 16.4. The Kier molecular flexibility index (Phi) is 4.51. The van der Waals surface area contributed by atoms with Crippen LogP contribution in [0.25, 0.3) is 10.9 Å². The van der Waals surface area contributed by atoms with Crippen LogP contribution in [-0.4, -0.2) is 30.2 Å². The van der Waals surface area contributed by atoms with Crippen LogP contribution in [0, 0.1) is 0 Å². The van der Waals surface area contributed by atoms with Gasteiger partial charge in [-0.1, -0.05) is 6.07 Å². The summed E-state index contributed by atoms with van der Waals surface area (Å²) in [5.74, 6) is 1.94. The fourth-order valence-corrected chi connectivity index (χ4v) is 2.33. The Morgan fingerprint density at radius 1 is 1.08 bits per heavy atom. The number of hydrogen-bond acceptors (Lipinski definition) is 6. The van der Waals surface area contributed by atoms with E-state index in [1.807, 2.05) is 0 Å². The number of primary amides is 1. The number of carbonyl (C=O) groups is 1. The number of carbonyl (C=O) groups excluding carboxylic acids is 1. The Morgan fingerprint density at radius 3 is 2.56 bits per heavy atom. The highest BCUT2D eigenvalue weighted by Crippen LogP contribution is 2.35. The summed E-state index contributed by atoms with van der Waals surface area (Å²) in [4.78, 5) is 19.4. The molecule has 0 spiro atoms. The van der Waals surface area contributed by atoms with Crippen molar-refractivity contribution in [3.63, 3.8) is 0 Å². The average Bonchev–Trinajstić information content (AvgIpc) is 2.60. The zero-order chi connectivity index (χ0) is 17.8. The Morgan fingerprint density at radius 2 is 1.84 bits per heavy atom. The summed E-state index contributed by atoms with van der Waals surface area (Å²) in [6, 6.07) is 9.64. The summed E-state index contributed by atoms with van der Waals surface area (Å²) in [5, 5.41) is 3.15. The van der Waals surface area contributed by atoms with Gasteiger partial charge in [0.2, 0.25) is 5.88 Å². The van der Waals surface area contributed by atoms with E-state index in [0.29, 0.717) is 39.7 Å². The molecule has 0 radical (unpaired) electrons. The number of urea groups is 1. The molecule has 25 heavy (non-hydrogen) atoms. The molecule has 2 aromatic carbocycles. The second-order valence-electron chi connectivity index (χ2n) is 5.02. The third-order valence-corrected chi connectivity index (χ3v) is 3.42. The molecule has 0 aliphatic heterocycles. The molecule has 0 bridgehead atoms. The lowest BCUT2D eigenvalue weighted by Crippen LogP contribution is -2.19. The summed E-state index contributed by atoms with van der Waals surface area (Å²) >= 11 is 0. The highest BCUT2D eigenvalue weighted by Gasteiger charge is 2.12. The lowest BCUT2D eigenvalue weighted by Gasteiger charge is -2.12. The minimum Gasteiger partial charge on any atom is -0.493 e. The molecule has 3 N–H and O–H groups in total. The van der Waals surface area contributed by atoms with Crippen molar-refractivity contribution in [2.24, 2.45) is 5.73 Å². The number of anilines is 1. The molecular weight excluding hydrogens is 324 g/mol. The molecule has 1 aromatic heterocycles. The first-order chi connectivity index (χ1) is 12.1. The quantitative estimate of drug-likeness (QED) is 0.739. The molecule has 8 nitrogen and oxygen atoms in total. The highest BCUT2D eigenvalue weighted by atomic mass is 16.5. The van der Waals surface area contributed by atoms with Crippen LogP contribution in [0.2, 0.25) is 0 Å². The summed E-state index contributed by atoms with van der Waals surface area (Å²) in [6.07, 6.45) is 1.40. The van der Waals surface area contributed by atoms with Gasteiger partial charge in [-0.15, -0.1) is 0 Å². The largest absolute Gasteiger partial charge is 0.493 e. The first kappa shape index (κ1) is 16.3. The maximum atomic E-state index is 11.0. The van der Waals surface area contributed by atoms with Crippen molar-refractivity contribution in [3.05, 3.63) is 42.7 Å². The van der Waals surface area contributed by atoms with E-state index in [2.05, 4.69) is 15.3 Å². The van der Waals surface area contributed by atoms with E-state index in [0.717, 1.165) is 0 Å². The van der Waals surface area contributed by atoms with Crippen LogP contribution < -0.4 is 25.3 Å². The van der Waals surface area contributed by atoms with E-state index in [9.17, 15) is 4.79 Å². The predicted octanol–water partition coefficient (Wildman–Crippen LogP) is 2.93. The van der Waals surface area contributed by atoms with Crippen molar-refractivity contribution in [1.82, 2.24) is 9.97 Å². The number of aromatic nitrogens is 2. The maximum Gasteiger partial charge on any atom is 0.316 e. The average molecular weight is 340 g/mol. The number of nitrogens with one attached hydrogen (secondary N) is 1. The number of hydrogen-bond donors (Lipinski definition) is 2. The van der Waals surface area contributed by atoms with Gasteiger partial charge in [0, 0.05) is 17.8 Å². The Balaban J connectivity index is 2.00. The van der Waals surface area contributed by atoms with Crippen LogP contribution in [-0.2, 0) is 0 Å². The van der Waals surface area contributed by atoms with Gasteiger partial charge in [-0.25, -0.2) is 14.8 Å². The van der Waals surface area contributed by atoms with Gasteiger partial charge in [-0.2, -0.15) is 0 Å². The van der Waals surface area contributed by atoms with Crippen molar-refractivity contribution in [1.29, 1.82) is 0 Å². The molecule has 0 unspecified atom stereocenters. The number of rotatable bonds is 5. The second-order valence-corrected chi connectivity index (χ2v) is 5.02. The predicted molar refractivity (Wildman–Crippen MR) is 92.4 cm³/mol. The molecule has 3 aromatic rings. The Bertz CT molecular complexity index is 930. The van der Waals surface area contributed by atoms with Gasteiger partial charge in [-0.3, -0.25) is 0 Å². The molecule has 0 fully saturated rings. The van der Waals surface area contributed by atoms with Gasteiger partial charge in [0.25, 0.3) is 0 Å². The first-order valence-corrected chi connectivity index (χ1v) is 7.32. The molecule has 2 amide bonds. The standard InChI is InChI=1S/C17H16N4O4/c1-23-14-7-12-13(8-15(14)24-2)19-9-20-16(12)25-11-5-3-4-10(6-11)21-17(18)22/h3-9H,1-2H3,(H3,18,21,22). The van der Waals surface area contributed by atoms with Crippen molar-refractivity contribution < 1.29 is 19.0 Å². The zero-order valence-corrected chi connectivity index (χ0v) is 13.6. The molecular formula is C17H16N4O4. The normalized spacial score (nSPS) is 10.3. The SMILES string of the molecule is COc1cc2ncnc(Oc3cccc(NC(N)=O)c3)c2cc1OC. The Labute approximate surface area is 143 Å². The smallest absolute Gasteiger partial charge is 0.316 e. The van der Waals surface area contributed by atoms with E-state index < -0.39 is 6.03 Å². The van der Waals surface area contributed by atoms with Crippen molar-refractivity contribution in [2.45, 2.75) is 0 Å². The maximum absolute atomic E-state index is 11.0. The number of fused-ring (bicyclic) bond motifs is 1. The Hall–Kier alpha value is -3.55. The summed E-state index contributed by atoms with van der Waals surface area (Å²) in [6.45, 7) is 0. The van der Waals surface area contributed by atoms with E-state index in [4.69, 9.17) is 19.9 Å². The van der Waals surface area contributed by atoms with E-state index >= 15 is 0 Å². The van der Waals surface area contributed by atoms with Crippen LogP contribution in [0.3, 0.4) is 0 Å². The number of nitrogens with two attached hydrogens (primary N) is 1. The number of nitrogens with zero attached hydrogens (tertiary/aromatic N) is 2. The van der Waals surface area contributed by atoms with Crippen LogP contribution in [0.5, 0.6) is 23.1 Å². The molecule has 3 rings (SSSR count). The second kappa shape index (κ2) is 6.91. The van der Waals surface area contributed by atoms with Gasteiger partial charge >= 0.3 is 6.03 Å². The fourth-order valence-electron chi connectivity index (χ4n) is 2.33. The van der Waals surface area contributed by atoms with Gasteiger partial charge in [0.15, 0.2) is 11.5 Å². The molecule has 0 saturated heterocycles. The first-order valence-electron chi connectivity index (χ1n) is 7.32. The summed E-state index contributed by atoms with van der Waals surface area (Å²) in [5.41, 5.74) is 6.29. The van der Waals surface area contributed by atoms with Gasteiger partial charge in [-0.05, 0) is 18.2 Å². The molecule has 8 heteroatoms. The van der Waals surface area contributed by atoms with Crippen molar-refractivity contribution in [2.75, 3.05) is 19.5 Å². The van der Waals surface area contributed by atoms with E-state index in [1.54, 1.807) is 50.6 Å². The minimum absolute atomic E-state index is 0.349. The topological polar surface area (TPSA) is 109 Å². The molecule has 0 aliphatic carbocycles. The van der Waals surface area contributed by atoms with Crippen LogP contribution in [0.1, 0.15) is 0 Å². The summed E-state index contributed by atoms with van der Waals surface area (Å²) in [7, 11) is 3.10. The molecule has 0 aliphatic rings.